The van der Waals surface area contributed by atoms with Crippen LogP contribution in [0.25, 0.3) is 0 Å². The predicted molar refractivity (Wildman–Crippen MR) is 79.7 cm³/mol. The molecule has 0 saturated heterocycles. The van der Waals surface area contributed by atoms with Crippen molar-refractivity contribution in [2.24, 2.45) is 16.7 Å². The maximum Gasteiger partial charge on any atom is 0.352 e. The van der Waals surface area contributed by atoms with Crippen molar-refractivity contribution < 1.29 is 19.6 Å². The molecule has 0 N–H and O–H groups in total. The zero-order valence-corrected chi connectivity index (χ0v) is 14.2. The van der Waals surface area contributed by atoms with Crippen LogP contribution in [0.15, 0.2) is 0 Å². The van der Waals surface area contributed by atoms with Crippen LogP contribution < -0.4 is 0 Å². The monoisotopic (exact) mass is 288 g/mol. The summed E-state index contributed by atoms with van der Waals surface area (Å²) in [6, 6.07) is 0. The van der Waals surface area contributed by atoms with Crippen molar-refractivity contribution in [3.63, 3.8) is 0 Å². The van der Waals surface area contributed by atoms with E-state index < -0.39 is 5.41 Å². The highest BCUT2D eigenvalue weighted by Crippen LogP contribution is 2.50. The van der Waals surface area contributed by atoms with Crippen molar-refractivity contribution in [2.75, 3.05) is 6.61 Å². The summed E-state index contributed by atoms with van der Waals surface area (Å²) >= 11 is 0. The van der Waals surface area contributed by atoms with Crippen LogP contribution in [-0.2, 0) is 19.6 Å². The molecule has 0 aliphatic rings. The normalized spacial score (nSPS) is 12.8. The van der Waals surface area contributed by atoms with Gasteiger partial charge in [0.2, 0.25) is 0 Å². The third-order valence-corrected chi connectivity index (χ3v) is 5.01. The number of carbonyl (C=O) groups excluding carboxylic acids is 1. The van der Waals surface area contributed by atoms with Crippen LogP contribution in [0.3, 0.4) is 0 Å². The molecular weight excluding hydrogens is 256 g/mol. The van der Waals surface area contributed by atoms with Crippen LogP contribution in [0.1, 0.15) is 74.1 Å². The van der Waals surface area contributed by atoms with E-state index in [1.807, 2.05) is 13.8 Å². The molecule has 0 radical (unpaired) electrons. The molecule has 0 saturated carbocycles. The van der Waals surface area contributed by atoms with E-state index in [4.69, 9.17) is 9.78 Å². The number of carbonyl (C=O) groups is 1. The first kappa shape index (κ1) is 19.4. The van der Waals surface area contributed by atoms with E-state index >= 15 is 0 Å². The zero-order valence-electron chi connectivity index (χ0n) is 14.2. The van der Waals surface area contributed by atoms with Crippen LogP contribution in [0.2, 0.25) is 0 Å². The average molecular weight is 288 g/mol. The number of hydrogen-bond acceptors (Lipinski definition) is 4. The molecule has 0 bridgehead atoms. The van der Waals surface area contributed by atoms with Gasteiger partial charge in [0.25, 0.3) is 0 Å². The average Bonchev–Trinajstić information content (AvgIpc) is 2.40. The minimum Gasteiger partial charge on any atom is -0.268 e. The number of unbranched alkanes of at least 4 members (excludes halogenated alkanes) is 1. The van der Waals surface area contributed by atoms with E-state index in [9.17, 15) is 4.79 Å². The van der Waals surface area contributed by atoms with E-state index in [1.54, 1.807) is 0 Å². The summed E-state index contributed by atoms with van der Waals surface area (Å²) in [6.45, 7) is 15.0. The van der Waals surface area contributed by atoms with Crippen molar-refractivity contribution in [1.82, 2.24) is 0 Å². The lowest BCUT2D eigenvalue weighted by molar-refractivity contribution is -0.490. The van der Waals surface area contributed by atoms with E-state index in [0.29, 0.717) is 25.4 Å². The van der Waals surface area contributed by atoms with Gasteiger partial charge in [0, 0.05) is 0 Å². The summed E-state index contributed by atoms with van der Waals surface area (Å²) in [4.78, 5) is 22.3. The Morgan fingerprint density at radius 3 is 2.05 bits per heavy atom. The molecule has 0 atom stereocenters. The molecule has 120 valence electrons. The Morgan fingerprint density at radius 2 is 1.65 bits per heavy atom. The summed E-state index contributed by atoms with van der Waals surface area (Å²) in [6.07, 6.45) is 3.31. The van der Waals surface area contributed by atoms with Gasteiger partial charge in [-0.05, 0) is 35.6 Å². The second kappa shape index (κ2) is 8.63. The first-order valence-electron chi connectivity index (χ1n) is 7.80. The molecule has 0 aromatic carbocycles. The van der Waals surface area contributed by atoms with E-state index in [0.717, 1.165) is 12.8 Å². The molecule has 0 unspecified atom stereocenters. The molecule has 0 aromatic rings. The molecule has 4 heteroatoms. The number of rotatable bonds is 10. The second-order valence-electron chi connectivity index (χ2n) is 6.28. The molecule has 0 aromatic heterocycles. The Morgan fingerprint density at radius 1 is 1.10 bits per heavy atom. The summed E-state index contributed by atoms with van der Waals surface area (Å²) in [7, 11) is 0. The van der Waals surface area contributed by atoms with Crippen LogP contribution >= 0.6 is 0 Å². The Labute approximate surface area is 124 Å². The van der Waals surface area contributed by atoms with Gasteiger partial charge in [-0.1, -0.05) is 54.9 Å². The summed E-state index contributed by atoms with van der Waals surface area (Å²) in [5, 5.41) is 4.63. The fourth-order valence-electron chi connectivity index (χ4n) is 2.64. The van der Waals surface area contributed by atoms with Gasteiger partial charge in [-0.25, -0.2) is 4.79 Å². The molecule has 0 spiro atoms. The third kappa shape index (κ3) is 4.19. The first-order chi connectivity index (χ1) is 9.30. The van der Waals surface area contributed by atoms with Gasteiger partial charge in [0.05, 0.1) is 12.0 Å². The van der Waals surface area contributed by atoms with Crippen LogP contribution in [0.4, 0.5) is 0 Å². The number of hydrogen-bond donors (Lipinski definition) is 0. The maximum atomic E-state index is 12.5. The van der Waals surface area contributed by atoms with Gasteiger partial charge >= 0.3 is 5.97 Å². The molecular formula is C16H32O4. The SMILES string of the molecule is CCCCOOOC(=O)C(CC)(CC)C(C)(C)C(C)C. The minimum absolute atomic E-state index is 0.180. The van der Waals surface area contributed by atoms with Crippen molar-refractivity contribution in [2.45, 2.75) is 74.1 Å². The molecule has 0 fully saturated rings. The highest BCUT2D eigenvalue weighted by molar-refractivity contribution is 5.77. The van der Waals surface area contributed by atoms with Crippen LogP contribution in [-0.4, -0.2) is 12.6 Å². The predicted octanol–water partition coefficient (Wildman–Crippen LogP) is 4.68. The van der Waals surface area contributed by atoms with E-state index in [2.05, 4.69) is 39.7 Å². The standard InChI is InChI=1S/C16H32O4/c1-8-11-12-18-20-19-14(17)16(9-2,10-3)15(6,7)13(4)5/h13H,8-12H2,1-7H3. The lowest BCUT2D eigenvalue weighted by Gasteiger charge is -2.46. The molecule has 20 heavy (non-hydrogen) atoms. The van der Waals surface area contributed by atoms with E-state index in [1.165, 1.54) is 0 Å². The Balaban J connectivity index is 4.78. The minimum atomic E-state index is -0.560. The third-order valence-electron chi connectivity index (χ3n) is 5.01. The van der Waals surface area contributed by atoms with Crippen molar-refractivity contribution >= 4 is 5.97 Å². The summed E-state index contributed by atoms with van der Waals surface area (Å²) in [5.41, 5.74) is -0.740. The van der Waals surface area contributed by atoms with Crippen molar-refractivity contribution in [1.29, 1.82) is 0 Å². The van der Waals surface area contributed by atoms with Gasteiger partial charge in [-0.15, -0.1) is 0 Å². The summed E-state index contributed by atoms with van der Waals surface area (Å²) in [5.74, 6) is 0.0219. The smallest absolute Gasteiger partial charge is 0.268 e. The van der Waals surface area contributed by atoms with Gasteiger partial charge in [-0.2, -0.15) is 4.89 Å². The Hall–Kier alpha value is -0.610. The van der Waals surface area contributed by atoms with Gasteiger partial charge in [-0.3, -0.25) is 4.89 Å². The second-order valence-corrected chi connectivity index (χ2v) is 6.28. The molecule has 0 amide bonds. The molecule has 0 heterocycles. The van der Waals surface area contributed by atoms with Crippen LogP contribution in [0.5, 0.6) is 0 Å². The molecule has 0 aliphatic heterocycles. The van der Waals surface area contributed by atoms with Gasteiger partial charge in [0.1, 0.15) is 0 Å². The molecule has 0 aliphatic carbocycles. The fourth-order valence-corrected chi connectivity index (χ4v) is 2.64. The van der Waals surface area contributed by atoms with Crippen molar-refractivity contribution in [3.05, 3.63) is 0 Å². The lowest BCUT2D eigenvalue weighted by atomic mass is 9.57. The maximum absolute atomic E-state index is 12.5. The topological polar surface area (TPSA) is 44.8 Å². The van der Waals surface area contributed by atoms with Crippen LogP contribution in [0, 0.1) is 16.7 Å². The zero-order chi connectivity index (χ0) is 15.8. The fraction of sp³-hybridized carbons (Fsp3) is 0.938. The first-order valence-corrected chi connectivity index (χ1v) is 7.80. The highest BCUT2D eigenvalue weighted by atomic mass is 17.5. The largest absolute Gasteiger partial charge is 0.352 e. The quantitative estimate of drug-likeness (QED) is 0.332. The Bertz CT molecular complexity index is 280. The van der Waals surface area contributed by atoms with Gasteiger partial charge < -0.3 is 0 Å². The lowest BCUT2D eigenvalue weighted by Crippen LogP contribution is -2.47. The summed E-state index contributed by atoms with van der Waals surface area (Å²) < 4.78 is 0. The van der Waals surface area contributed by atoms with Crippen molar-refractivity contribution in [3.8, 4) is 0 Å². The highest BCUT2D eigenvalue weighted by Gasteiger charge is 2.51. The molecule has 4 nitrogen and oxygen atoms in total. The van der Waals surface area contributed by atoms with E-state index in [-0.39, 0.29) is 11.4 Å². The molecule has 0 rings (SSSR count). The Kier molecular flexibility index (Phi) is 8.36. The van der Waals surface area contributed by atoms with Gasteiger partial charge in [0.15, 0.2) is 0 Å².